The lowest BCUT2D eigenvalue weighted by Crippen LogP contribution is -2.46. The molecule has 0 spiro atoms. The Morgan fingerprint density at radius 1 is 1.07 bits per heavy atom. The van der Waals surface area contributed by atoms with Gasteiger partial charge in [-0.05, 0) is 76.0 Å². The summed E-state index contributed by atoms with van der Waals surface area (Å²) < 4.78 is 21.5. The van der Waals surface area contributed by atoms with Gasteiger partial charge in [0, 0.05) is 13.5 Å². The average molecular weight is 420 g/mol. The third kappa shape index (κ3) is 7.20. The summed E-state index contributed by atoms with van der Waals surface area (Å²) in [5.41, 5.74) is 0.232. The highest BCUT2D eigenvalue weighted by Gasteiger charge is 2.45. The molecule has 0 aliphatic heterocycles. The zero-order chi connectivity index (χ0) is 21.7. The highest BCUT2D eigenvalue weighted by molar-refractivity contribution is 5.82. The number of carbonyl (C=O) groups excluding carboxylic acids is 2. The Kier molecular flexibility index (Phi) is 7.23. The van der Waals surface area contributed by atoms with Crippen LogP contribution in [0.25, 0.3) is 0 Å². The van der Waals surface area contributed by atoms with Crippen LogP contribution >= 0.6 is 0 Å². The Balaban J connectivity index is 1.66. The van der Waals surface area contributed by atoms with E-state index in [0.29, 0.717) is 24.0 Å². The lowest BCUT2D eigenvalue weighted by molar-refractivity contribution is -0.154. The SMILES string of the molecule is COCOc1ccc(C[C@@H](NC(=O)OC(C)(C)C)C(=O)OC(C2CC2)C2CC2)cc1. The van der Waals surface area contributed by atoms with Crippen molar-refractivity contribution < 1.29 is 28.5 Å². The van der Waals surface area contributed by atoms with Gasteiger partial charge in [-0.2, -0.15) is 0 Å². The number of amides is 1. The summed E-state index contributed by atoms with van der Waals surface area (Å²) in [6.45, 7) is 5.52. The molecule has 2 aliphatic carbocycles. The summed E-state index contributed by atoms with van der Waals surface area (Å²) in [5, 5.41) is 2.71. The summed E-state index contributed by atoms with van der Waals surface area (Å²) in [7, 11) is 1.56. The van der Waals surface area contributed by atoms with Crippen LogP contribution in [0.15, 0.2) is 24.3 Å². The average Bonchev–Trinajstić information content (AvgIpc) is 3.56. The second-order valence-electron chi connectivity index (χ2n) is 9.17. The van der Waals surface area contributed by atoms with E-state index in [1.54, 1.807) is 40.0 Å². The van der Waals surface area contributed by atoms with Gasteiger partial charge in [0.25, 0.3) is 0 Å². The first-order valence-corrected chi connectivity index (χ1v) is 10.7. The van der Waals surface area contributed by atoms with Crippen LogP contribution in [0.4, 0.5) is 4.79 Å². The number of hydrogen-bond acceptors (Lipinski definition) is 6. The summed E-state index contributed by atoms with van der Waals surface area (Å²) in [6.07, 6.45) is 4.11. The van der Waals surface area contributed by atoms with Crippen molar-refractivity contribution in [2.75, 3.05) is 13.9 Å². The van der Waals surface area contributed by atoms with E-state index in [9.17, 15) is 9.59 Å². The summed E-state index contributed by atoms with van der Waals surface area (Å²) >= 11 is 0. The molecule has 1 N–H and O–H groups in total. The van der Waals surface area contributed by atoms with E-state index in [4.69, 9.17) is 18.9 Å². The molecular formula is C23H33NO6. The number of alkyl carbamates (subject to hydrolysis) is 1. The predicted molar refractivity (Wildman–Crippen MR) is 111 cm³/mol. The number of hydrogen-bond donors (Lipinski definition) is 1. The van der Waals surface area contributed by atoms with E-state index in [-0.39, 0.29) is 12.9 Å². The largest absolute Gasteiger partial charge is 0.468 e. The van der Waals surface area contributed by atoms with Crippen LogP contribution in [0.2, 0.25) is 0 Å². The van der Waals surface area contributed by atoms with Crippen molar-refractivity contribution in [3.63, 3.8) is 0 Å². The predicted octanol–water partition coefficient (Wildman–Crippen LogP) is 3.84. The maximum atomic E-state index is 13.0. The molecule has 2 fully saturated rings. The Morgan fingerprint density at radius 3 is 2.17 bits per heavy atom. The van der Waals surface area contributed by atoms with Crippen molar-refractivity contribution in [3.05, 3.63) is 29.8 Å². The lowest BCUT2D eigenvalue weighted by Gasteiger charge is -2.25. The third-order valence-corrected chi connectivity index (χ3v) is 5.11. The first-order valence-electron chi connectivity index (χ1n) is 10.7. The zero-order valence-corrected chi connectivity index (χ0v) is 18.3. The topological polar surface area (TPSA) is 83.1 Å². The Labute approximate surface area is 178 Å². The molecule has 0 heterocycles. The quantitative estimate of drug-likeness (QED) is 0.458. The fourth-order valence-electron chi connectivity index (χ4n) is 3.37. The molecule has 0 aromatic heterocycles. The molecule has 1 amide bonds. The number of rotatable bonds is 10. The second-order valence-corrected chi connectivity index (χ2v) is 9.17. The number of nitrogens with one attached hydrogen (secondary N) is 1. The fourth-order valence-corrected chi connectivity index (χ4v) is 3.37. The number of benzene rings is 1. The van der Waals surface area contributed by atoms with E-state index in [0.717, 1.165) is 31.2 Å². The molecule has 7 nitrogen and oxygen atoms in total. The number of ether oxygens (including phenoxy) is 4. The van der Waals surface area contributed by atoms with Crippen LogP contribution in [0.1, 0.15) is 52.0 Å². The molecule has 0 saturated heterocycles. The highest BCUT2D eigenvalue weighted by Crippen LogP contribution is 2.46. The van der Waals surface area contributed by atoms with Crippen molar-refractivity contribution in [2.45, 2.75) is 70.6 Å². The molecule has 1 atom stereocenters. The molecule has 0 bridgehead atoms. The molecular weight excluding hydrogens is 386 g/mol. The van der Waals surface area contributed by atoms with Crippen molar-refractivity contribution in [3.8, 4) is 5.75 Å². The van der Waals surface area contributed by atoms with Crippen LogP contribution < -0.4 is 10.1 Å². The van der Waals surface area contributed by atoms with Gasteiger partial charge in [-0.1, -0.05) is 12.1 Å². The summed E-state index contributed by atoms with van der Waals surface area (Å²) in [6, 6.07) is 6.52. The van der Waals surface area contributed by atoms with Crippen LogP contribution in [0.3, 0.4) is 0 Å². The molecule has 3 rings (SSSR count). The lowest BCUT2D eigenvalue weighted by atomic mass is 10.1. The standard InChI is InChI=1S/C23H33NO6/c1-23(2,3)30-22(26)24-19(13-15-5-11-18(12-6-15)28-14-27-4)21(25)29-20(16-7-8-16)17-9-10-17/h5-6,11-12,16-17,19-20H,7-10,13-14H2,1-4H3,(H,24,26)/t19-/m1/s1. The third-order valence-electron chi connectivity index (χ3n) is 5.11. The molecule has 166 valence electrons. The minimum Gasteiger partial charge on any atom is -0.468 e. The van der Waals surface area contributed by atoms with Crippen LogP contribution in [-0.2, 0) is 25.4 Å². The van der Waals surface area contributed by atoms with Crippen LogP contribution in [0, 0.1) is 11.8 Å². The van der Waals surface area contributed by atoms with Gasteiger partial charge in [-0.15, -0.1) is 0 Å². The number of carbonyl (C=O) groups is 2. The first-order chi connectivity index (χ1) is 14.2. The van der Waals surface area contributed by atoms with Gasteiger partial charge in [0.1, 0.15) is 23.5 Å². The van der Waals surface area contributed by atoms with E-state index >= 15 is 0 Å². The minimum atomic E-state index is -0.814. The van der Waals surface area contributed by atoms with Gasteiger partial charge in [0.15, 0.2) is 6.79 Å². The van der Waals surface area contributed by atoms with E-state index in [1.807, 2.05) is 12.1 Å². The first kappa shape index (κ1) is 22.4. The number of esters is 1. The minimum absolute atomic E-state index is 0.0229. The van der Waals surface area contributed by atoms with Crippen LogP contribution in [-0.4, -0.2) is 43.7 Å². The van der Waals surface area contributed by atoms with Crippen LogP contribution in [0.5, 0.6) is 5.75 Å². The summed E-state index contributed by atoms with van der Waals surface area (Å²) in [4.78, 5) is 25.3. The highest BCUT2D eigenvalue weighted by atomic mass is 16.7. The maximum Gasteiger partial charge on any atom is 0.408 e. The maximum absolute atomic E-state index is 13.0. The monoisotopic (exact) mass is 419 g/mol. The Bertz CT molecular complexity index is 706. The molecule has 0 radical (unpaired) electrons. The Hall–Kier alpha value is -2.28. The second kappa shape index (κ2) is 9.69. The van der Waals surface area contributed by atoms with E-state index in [2.05, 4.69) is 5.32 Å². The Morgan fingerprint density at radius 2 is 1.67 bits per heavy atom. The van der Waals surface area contributed by atoms with Gasteiger partial charge in [0.05, 0.1) is 0 Å². The van der Waals surface area contributed by atoms with Crippen molar-refractivity contribution >= 4 is 12.1 Å². The fraction of sp³-hybridized carbons (Fsp3) is 0.652. The summed E-state index contributed by atoms with van der Waals surface area (Å²) in [5.74, 6) is 1.22. The van der Waals surface area contributed by atoms with Gasteiger partial charge in [0.2, 0.25) is 0 Å². The smallest absolute Gasteiger partial charge is 0.408 e. The van der Waals surface area contributed by atoms with E-state index < -0.39 is 23.7 Å². The van der Waals surface area contributed by atoms with Crippen molar-refractivity contribution in [2.24, 2.45) is 11.8 Å². The van der Waals surface area contributed by atoms with Gasteiger partial charge in [-0.3, -0.25) is 0 Å². The van der Waals surface area contributed by atoms with E-state index in [1.165, 1.54) is 0 Å². The normalized spacial score (nSPS) is 17.4. The molecule has 30 heavy (non-hydrogen) atoms. The van der Waals surface area contributed by atoms with Crippen molar-refractivity contribution in [1.82, 2.24) is 5.32 Å². The molecule has 7 heteroatoms. The van der Waals surface area contributed by atoms with Crippen molar-refractivity contribution in [1.29, 1.82) is 0 Å². The van der Waals surface area contributed by atoms with Gasteiger partial charge < -0.3 is 24.3 Å². The molecule has 1 aromatic rings. The molecule has 2 aliphatic rings. The molecule has 0 unspecified atom stereocenters. The molecule has 1 aromatic carbocycles. The number of methoxy groups -OCH3 is 1. The van der Waals surface area contributed by atoms with Gasteiger partial charge in [-0.25, -0.2) is 9.59 Å². The zero-order valence-electron chi connectivity index (χ0n) is 18.3. The van der Waals surface area contributed by atoms with Gasteiger partial charge >= 0.3 is 12.1 Å². The molecule has 2 saturated carbocycles.